The van der Waals surface area contributed by atoms with E-state index in [4.69, 9.17) is 5.73 Å². The molecule has 0 radical (unpaired) electrons. The van der Waals surface area contributed by atoms with Crippen molar-refractivity contribution in [2.24, 2.45) is 11.1 Å². The maximum absolute atomic E-state index is 5.51. The summed E-state index contributed by atoms with van der Waals surface area (Å²) in [5, 5.41) is 3.26. The molecule has 0 aliphatic rings. The van der Waals surface area contributed by atoms with Crippen molar-refractivity contribution in [2.75, 3.05) is 19.6 Å². The average Bonchev–Trinajstić information content (AvgIpc) is 1.84. The first kappa shape index (κ1) is 8.92. The van der Waals surface area contributed by atoms with Gasteiger partial charge in [0.15, 0.2) is 0 Å². The van der Waals surface area contributed by atoms with E-state index < -0.39 is 0 Å². The smallest absolute Gasteiger partial charge is 0.00145 e. The number of nitrogens with two attached hydrogens (primary N) is 1. The molecule has 0 unspecified atom stereocenters. The summed E-state index contributed by atoms with van der Waals surface area (Å²) in [4.78, 5) is 0. The van der Waals surface area contributed by atoms with E-state index >= 15 is 0 Å². The Morgan fingerprint density at radius 1 is 1.44 bits per heavy atom. The molecule has 0 aliphatic carbocycles. The van der Waals surface area contributed by atoms with Gasteiger partial charge in [-0.05, 0) is 18.5 Å². The molecule has 2 nitrogen and oxygen atoms in total. The van der Waals surface area contributed by atoms with Gasteiger partial charge in [0, 0.05) is 6.54 Å². The van der Waals surface area contributed by atoms with Crippen molar-refractivity contribution in [3.8, 4) is 0 Å². The summed E-state index contributed by atoms with van der Waals surface area (Å²) >= 11 is 0. The molecular weight excluding hydrogens is 112 g/mol. The molecule has 3 N–H and O–H groups in total. The molecule has 0 bridgehead atoms. The molecule has 0 aromatic carbocycles. The molecule has 0 heterocycles. The molecular formula is C7H18N2. The first-order valence-corrected chi connectivity index (χ1v) is 3.53. The molecule has 0 aliphatic heterocycles. The normalized spacial score (nSPS) is 12.0. The Bertz CT molecular complexity index is 69.3. The quantitative estimate of drug-likeness (QED) is 0.584. The second-order valence-electron chi connectivity index (χ2n) is 3.15. The van der Waals surface area contributed by atoms with E-state index in [1.807, 2.05) is 0 Å². The number of hydrogen-bond donors (Lipinski definition) is 2. The molecule has 0 amide bonds. The molecule has 0 fully saturated rings. The predicted molar refractivity (Wildman–Crippen MR) is 41.4 cm³/mol. The topological polar surface area (TPSA) is 38.0 Å². The lowest BCUT2D eigenvalue weighted by molar-refractivity contribution is 0.356. The van der Waals surface area contributed by atoms with E-state index in [2.05, 4.69) is 26.1 Å². The lowest BCUT2D eigenvalue weighted by Gasteiger charge is -2.21. The van der Waals surface area contributed by atoms with Crippen molar-refractivity contribution in [3.05, 3.63) is 0 Å². The molecule has 0 aromatic heterocycles. The van der Waals surface area contributed by atoms with Gasteiger partial charge < -0.3 is 11.1 Å². The first-order chi connectivity index (χ1) is 4.12. The Hall–Kier alpha value is -0.0800. The van der Waals surface area contributed by atoms with Crippen LogP contribution in [0.4, 0.5) is 0 Å². The minimum atomic E-state index is 0.260. The monoisotopic (exact) mass is 130 g/mol. The van der Waals surface area contributed by atoms with E-state index in [1.54, 1.807) is 0 Å². The Balaban J connectivity index is 3.33. The van der Waals surface area contributed by atoms with Gasteiger partial charge >= 0.3 is 0 Å². The zero-order valence-corrected chi connectivity index (χ0v) is 6.70. The molecule has 56 valence electrons. The lowest BCUT2D eigenvalue weighted by atomic mass is 9.94. The highest BCUT2D eigenvalue weighted by Gasteiger charge is 2.13. The maximum Gasteiger partial charge on any atom is 0.00145 e. The number of hydrogen-bond acceptors (Lipinski definition) is 2. The summed E-state index contributed by atoms with van der Waals surface area (Å²) in [6, 6.07) is 0. The van der Waals surface area contributed by atoms with Crippen molar-refractivity contribution in [1.82, 2.24) is 5.32 Å². The van der Waals surface area contributed by atoms with Gasteiger partial charge in [0.25, 0.3) is 0 Å². The Morgan fingerprint density at radius 3 is 2.33 bits per heavy atom. The maximum atomic E-state index is 5.51. The average molecular weight is 130 g/mol. The van der Waals surface area contributed by atoms with Gasteiger partial charge in [-0.1, -0.05) is 20.8 Å². The third-order valence-electron chi connectivity index (χ3n) is 1.41. The minimum absolute atomic E-state index is 0.260. The highest BCUT2D eigenvalue weighted by molar-refractivity contribution is 4.71. The Labute approximate surface area is 57.8 Å². The van der Waals surface area contributed by atoms with Crippen LogP contribution in [0, 0.1) is 5.41 Å². The van der Waals surface area contributed by atoms with Gasteiger partial charge in [-0.25, -0.2) is 0 Å². The highest BCUT2D eigenvalue weighted by atomic mass is 14.9. The predicted octanol–water partition coefficient (Wildman–Crippen LogP) is 0.581. The summed E-state index contributed by atoms with van der Waals surface area (Å²) in [5.74, 6) is 0. The molecule has 0 aromatic rings. The minimum Gasteiger partial charge on any atom is -0.330 e. The van der Waals surface area contributed by atoms with Crippen LogP contribution >= 0.6 is 0 Å². The Kier molecular flexibility index (Phi) is 3.82. The summed E-state index contributed by atoms with van der Waals surface area (Å²) in [5.41, 5.74) is 5.77. The summed E-state index contributed by atoms with van der Waals surface area (Å²) in [6.07, 6.45) is 0. The van der Waals surface area contributed by atoms with Gasteiger partial charge in [0.2, 0.25) is 0 Å². The molecule has 2 heteroatoms. The van der Waals surface area contributed by atoms with E-state index in [9.17, 15) is 0 Å². The fraction of sp³-hybridized carbons (Fsp3) is 1.00. The van der Waals surface area contributed by atoms with E-state index in [0.29, 0.717) is 0 Å². The lowest BCUT2D eigenvalue weighted by Crippen LogP contribution is -2.35. The summed E-state index contributed by atoms with van der Waals surface area (Å²) in [7, 11) is 0. The second-order valence-corrected chi connectivity index (χ2v) is 3.15. The molecule has 0 saturated heterocycles. The van der Waals surface area contributed by atoms with E-state index in [0.717, 1.165) is 19.6 Å². The zero-order chi connectivity index (χ0) is 7.33. The van der Waals surface area contributed by atoms with Gasteiger partial charge in [0.1, 0.15) is 0 Å². The van der Waals surface area contributed by atoms with Crippen LogP contribution in [0.25, 0.3) is 0 Å². The zero-order valence-electron chi connectivity index (χ0n) is 6.70. The van der Waals surface area contributed by atoms with Crippen LogP contribution < -0.4 is 11.1 Å². The van der Waals surface area contributed by atoms with E-state index in [-0.39, 0.29) is 5.41 Å². The van der Waals surface area contributed by atoms with Crippen molar-refractivity contribution >= 4 is 0 Å². The third-order valence-corrected chi connectivity index (χ3v) is 1.41. The van der Waals surface area contributed by atoms with Gasteiger partial charge in [-0.2, -0.15) is 0 Å². The van der Waals surface area contributed by atoms with Crippen molar-refractivity contribution < 1.29 is 0 Å². The largest absolute Gasteiger partial charge is 0.330 e. The van der Waals surface area contributed by atoms with Gasteiger partial charge in [-0.15, -0.1) is 0 Å². The van der Waals surface area contributed by atoms with Crippen LogP contribution in [-0.2, 0) is 0 Å². The van der Waals surface area contributed by atoms with Gasteiger partial charge in [0.05, 0.1) is 0 Å². The standard InChI is InChI=1S/C7H18N2/c1-4-9-6-7(2,3)5-8/h9H,4-6,8H2,1-3H3. The van der Waals surface area contributed by atoms with Crippen LogP contribution in [0.3, 0.4) is 0 Å². The van der Waals surface area contributed by atoms with Gasteiger partial charge in [-0.3, -0.25) is 0 Å². The van der Waals surface area contributed by atoms with Crippen LogP contribution in [0.5, 0.6) is 0 Å². The van der Waals surface area contributed by atoms with Crippen molar-refractivity contribution in [2.45, 2.75) is 20.8 Å². The SMILES string of the molecule is CCNCC(C)(C)CN. The third kappa shape index (κ3) is 4.43. The molecule has 0 spiro atoms. The fourth-order valence-electron chi connectivity index (χ4n) is 0.536. The van der Waals surface area contributed by atoms with Crippen LogP contribution in [0.1, 0.15) is 20.8 Å². The molecule has 9 heavy (non-hydrogen) atoms. The molecule has 0 rings (SSSR count). The fourth-order valence-corrected chi connectivity index (χ4v) is 0.536. The second kappa shape index (κ2) is 3.85. The Morgan fingerprint density at radius 2 is 2.00 bits per heavy atom. The van der Waals surface area contributed by atoms with E-state index in [1.165, 1.54) is 0 Å². The number of rotatable bonds is 4. The van der Waals surface area contributed by atoms with Crippen molar-refractivity contribution in [3.63, 3.8) is 0 Å². The van der Waals surface area contributed by atoms with Crippen molar-refractivity contribution in [1.29, 1.82) is 0 Å². The highest BCUT2D eigenvalue weighted by Crippen LogP contribution is 2.09. The van der Waals surface area contributed by atoms with Crippen LogP contribution in [0.2, 0.25) is 0 Å². The van der Waals surface area contributed by atoms with Crippen LogP contribution in [-0.4, -0.2) is 19.6 Å². The van der Waals surface area contributed by atoms with Crippen LogP contribution in [0.15, 0.2) is 0 Å². The molecule has 0 saturated carbocycles. The molecule has 0 atom stereocenters. The first-order valence-electron chi connectivity index (χ1n) is 3.53. The number of nitrogens with one attached hydrogen (secondary N) is 1. The summed E-state index contributed by atoms with van der Waals surface area (Å²) in [6.45, 7) is 9.22. The summed E-state index contributed by atoms with van der Waals surface area (Å²) < 4.78 is 0.